The standard InChI is InChI=1S/C19H19N3O/c1-13-4-2-7-16-17(9-11-22-18(13)16)21-10-8-14-5-3-6-15(12-14)19(20)23/h2-7,9,11-12H,8,10H2,1H3,(H2,20,23)(H,21,22). The minimum atomic E-state index is -0.393. The number of rotatable bonds is 5. The first-order chi connectivity index (χ1) is 11.1. The molecule has 4 nitrogen and oxygen atoms in total. The van der Waals surface area contributed by atoms with Gasteiger partial charge in [-0.2, -0.15) is 0 Å². The molecule has 3 N–H and O–H groups in total. The van der Waals surface area contributed by atoms with E-state index in [1.165, 1.54) is 5.56 Å². The number of hydrogen-bond acceptors (Lipinski definition) is 3. The molecule has 0 atom stereocenters. The number of carbonyl (C=O) groups is 1. The second-order valence-corrected chi connectivity index (χ2v) is 5.57. The second-order valence-electron chi connectivity index (χ2n) is 5.57. The number of aryl methyl sites for hydroxylation is 1. The SMILES string of the molecule is Cc1cccc2c(NCCc3cccc(C(N)=O)c3)ccnc12. The van der Waals surface area contributed by atoms with E-state index in [2.05, 4.69) is 29.4 Å². The van der Waals surface area contributed by atoms with Crippen molar-refractivity contribution in [3.05, 3.63) is 71.4 Å². The van der Waals surface area contributed by atoms with Gasteiger partial charge in [0.1, 0.15) is 0 Å². The number of nitrogens with two attached hydrogens (primary N) is 1. The first-order valence-electron chi connectivity index (χ1n) is 7.62. The minimum absolute atomic E-state index is 0.393. The number of amides is 1. The van der Waals surface area contributed by atoms with Crippen molar-refractivity contribution in [1.82, 2.24) is 4.98 Å². The van der Waals surface area contributed by atoms with Crippen LogP contribution in [0.1, 0.15) is 21.5 Å². The van der Waals surface area contributed by atoms with Crippen molar-refractivity contribution in [2.75, 3.05) is 11.9 Å². The van der Waals surface area contributed by atoms with E-state index in [9.17, 15) is 4.79 Å². The largest absolute Gasteiger partial charge is 0.384 e. The van der Waals surface area contributed by atoms with Gasteiger partial charge in [-0.25, -0.2) is 0 Å². The van der Waals surface area contributed by atoms with Gasteiger partial charge >= 0.3 is 0 Å². The Hall–Kier alpha value is -2.88. The van der Waals surface area contributed by atoms with E-state index in [0.29, 0.717) is 5.56 Å². The Morgan fingerprint density at radius 3 is 2.83 bits per heavy atom. The van der Waals surface area contributed by atoms with E-state index in [1.807, 2.05) is 36.5 Å². The smallest absolute Gasteiger partial charge is 0.248 e. The minimum Gasteiger partial charge on any atom is -0.384 e. The summed E-state index contributed by atoms with van der Waals surface area (Å²) in [5.41, 5.74) is 10.2. The molecule has 0 aliphatic carbocycles. The molecule has 0 saturated heterocycles. The molecule has 3 rings (SSSR count). The van der Waals surface area contributed by atoms with Crippen LogP contribution in [0.4, 0.5) is 5.69 Å². The normalized spacial score (nSPS) is 10.7. The molecule has 0 bridgehead atoms. The molecule has 4 heteroatoms. The van der Waals surface area contributed by atoms with Crippen LogP contribution in [-0.4, -0.2) is 17.4 Å². The quantitative estimate of drug-likeness (QED) is 0.760. The van der Waals surface area contributed by atoms with Gasteiger partial charge in [0, 0.05) is 29.4 Å². The number of fused-ring (bicyclic) bond motifs is 1. The Kier molecular flexibility index (Phi) is 4.24. The highest BCUT2D eigenvalue weighted by Crippen LogP contribution is 2.23. The number of primary amides is 1. The molecule has 2 aromatic carbocycles. The van der Waals surface area contributed by atoms with Gasteiger partial charge in [0.2, 0.25) is 5.91 Å². The Morgan fingerprint density at radius 1 is 1.17 bits per heavy atom. The van der Waals surface area contributed by atoms with Gasteiger partial charge in [-0.15, -0.1) is 0 Å². The summed E-state index contributed by atoms with van der Waals surface area (Å²) < 4.78 is 0. The van der Waals surface area contributed by atoms with Crippen LogP contribution in [-0.2, 0) is 6.42 Å². The Bertz CT molecular complexity index is 858. The lowest BCUT2D eigenvalue weighted by atomic mass is 10.1. The first-order valence-corrected chi connectivity index (χ1v) is 7.62. The third kappa shape index (κ3) is 3.31. The summed E-state index contributed by atoms with van der Waals surface area (Å²) in [5.74, 6) is -0.393. The molecule has 1 amide bonds. The zero-order valence-corrected chi connectivity index (χ0v) is 13.0. The number of anilines is 1. The summed E-state index contributed by atoms with van der Waals surface area (Å²) >= 11 is 0. The first kappa shape index (κ1) is 15.0. The average molecular weight is 305 g/mol. The summed E-state index contributed by atoms with van der Waals surface area (Å²) in [6, 6.07) is 15.6. The maximum atomic E-state index is 11.2. The Balaban J connectivity index is 1.73. The summed E-state index contributed by atoms with van der Waals surface area (Å²) in [4.78, 5) is 15.7. The molecular weight excluding hydrogens is 286 g/mol. The molecule has 1 heterocycles. The predicted octanol–water partition coefficient (Wildman–Crippen LogP) is 3.30. The van der Waals surface area contributed by atoms with Crippen molar-refractivity contribution in [3.63, 3.8) is 0 Å². The van der Waals surface area contributed by atoms with Crippen LogP contribution in [0.2, 0.25) is 0 Å². The van der Waals surface area contributed by atoms with Crippen LogP contribution in [0.25, 0.3) is 10.9 Å². The lowest BCUT2D eigenvalue weighted by molar-refractivity contribution is 0.1000. The van der Waals surface area contributed by atoms with Crippen molar-refractivity contribution in [1.29, 1.82) is 0 Å². The predicted molar refractivity (Wildman–Crippen MR) is 93.6 cm³/mol. The zero-order valence-electron chi connectivity index (χ0n) is 13.0. The van der Waals surface area contributed by atoms with Crippen LogP contribution in [0.5, 0.6) is 0 Å². The zero-order chi connectivity index (χ0) is 16.2. The van der Waals surface area contributed by atoms with Crippen LogP contribution in [0.3, 0.4) is 0 Å². The van der Waals surface area contributed by atoms with E-state index in [4.69, 9.17) is 5.73 Å². The topological polar surface area (TPSA) is 68.0 Å². The van der Waals surface area contributed by atoms with Crippen LogP contribution in [0, 0.1) is 6.92 Å². The second kappa shape index (κ2) is 6.48. The fraction of sp³-hybridized carbons (Fsp3) is 0.158. The highest BCUT2D eigenvalue weighted by Gasteiger charge is 2.04. The van der Waals surface area contributed by atoms with Gasteiger partial charge in [-0.1, -0.05) is 30.3 Å². The van der Waals surface area contributed by atoms with Crippen LogP contribution in [0.15, 0.2) is 54.7 Å². The highest BCUT2D eigenvalue weighted by molar-refractivity contribution is 5.93. The van der Waals surface area contributed by atoms with E-state index in [1.54, 1.807) is 6.07 Å². The lowest BCUT2D eigenvalue weighted by Crippen LogP contribution is -2.12. The maximum absolute atomic E-state index is 11.2. The molecule has 0 radical (unpaired) electrons. The molecule has 3 aromatic rings. The molecule has 23 heavy (non-hydrogen) atoms. The Morgan fingerprint density at radius 2 is 2.00 bits per heavy atom. The van der Waals surface area contributed by atoms with E-state index in [0.717, 1.165) is 35.1 Å². The highest BCUT2D eigenvalue weighted by atomic mass is 16.1. The van der Waals surface area contributed by atoms with Gasteiger partial charge in [0.05, 0.1) is 5.52 Å². The van der Waals surface area contributed by atoms with Gasteiger partial charge in [-0.05, 0) is 42.7 Å². The van der Waals surface area contributed by atoms with Gasteiger partial charge < -0.3 is 11.1 Å². The van der Waals surface area contributed by atoms with E-state index < -0.39 is 5.91 Å². The number of benzene rings is 2. The van der Waals surface area contributed by atoms with Crippen LogP contribution < -0.4 is 11.1 Å². The molecular formula is C19H19N3O. The number of nitrogens with one attached hydrogen (secondary N) is 1. The van der Waals surface area contributed by atoms with Gasteiger partial charge in [-0.3, -0.25) is 9.78 Å². The van der Waals surface area contributed by atoms with E-state index >= 15 is 0 Å². The summed E-state index contributed by atoms with van der Waals surface area (Å²) in [6.45, 7) is 2.84. The monoisotopic (exact) mass is 305 g/mol. The summed E-state index contributed by atoms with van der Waals surface area (Å²) in [6.07, 6.45) is 2.64. The third-order valence-electron chi connectivity index (χ3n) is 3.91. The average Bonchev–Trinajstić information content (AvgIpc) is 2.56. The molecule has 1 aromatic heterocycles. The number of para-hydroxylation sites is 1. The summed E-state index contributed by atoms with van der Waals surface area (Å²) in [7, 11) is 0. The fourth-order valence-corrected chi connectivity index (χ4v) is 2.70. The molecule has 116 valence electrons. The van der Waals surface area contributed by atoms with Gasteiger partial charge in [0.15, 0.2) is 0 Å². The molecule has 0 aliphatic heterocycles. The van der Waals surface area contributed by atoms with Crippen molar-refractivity contribution in [3.8, 4) is 0 Å². The fourth-order valence-electron chi connectivity index (χ4n) is 2.70. The van der Waals surface area contributed by atoms with E-state index in [-0.39, 0.29) is 0 Å². The lowest BCUT2D eigenvalue weighted by Gasteiger charge is -2.11. The molecule has 0 spiro atoms. The number of pyridine rings is 1. The molecule has 0 unspecified atom stereocenters. The van der Waals surface area contributed by atoms with Crippen molar-refractivity contribution in [2.45, 2.75) is 13.3 Å². The summed E-state index contributed by atoms with van der Waals surface area (Å²) in [5, 5.41) is 4.58. The Labute approximate surface area is 135 Å². The molecule has 0 aliphatic rings. The molecule has 0 saturated carbocycles. The third-order valence-corrected chi connectivity index (χ3v) is 3.91. The van der Waals surface area contributed by atoms with Gasteiger partial charge in [0.25, 0.3) is 0 Å². The van der Waals surface area contributed by atoms with Crippen molar-refractivity contribution >= 4 is 22.5 Å². The number of nitrogens with zero attached hydrogens (tertiary/aromatic N) is 1. The van der Waals surface area contributed by atoms with Crippen molar-refractivity contribution in [2.24, 2.45) is 5.73 Å². The number of hydrogen-bond donors (Lipinski definition) is 2. The van der Waals surface area contributed by atoms with Crippen LogP contribution >= 0.6 is 0 Å². The molecule has 0 fully saturated rings. The number of aromatic nitrogens is 1. The maximum Gasteiger partial charge on any atom is 0.248 e. The number of carbonyl (C=O) groups excluding carboxylic acids is 1. The van der Waals surface area contributed by atoms with Crippen molar-refractivity contribution < 1.29 is 4.79 Å².